The maximum Gasteiger partial charge on any atom is 0.227 e. The minimum atomic E-state index is -3.08. The number of nitrogens with one attached hydrogen (secondary N) is 1. The molecule has 0 aromatic heterocycles. The van der Waals surface area contributed by atoms with Gasteiger partial charge in [-0.3, -0.25) is 4.79 Å². The van der Waals surface area contributed by atoms with Crippen LogP contribution < -0.4 is 11.1 Å². The van der Waals surface area contributed by atoms with E-state index in [2.05, 4.69) is 5.32 Å². The Morgan fingerprint density at radius 1 is 1.17 bits per heavy atom. The Hall–Kier alpha value is -0.370. The monoisotopic (exact) mass is 367 g/mol. The van der Waals surface area contributed by atoms with Gasteiger partial charge in [0, 0.05) is 25.7 Å². The van der Waals surface area contributed by atoms with Gasteiger partial charge in [-0.05, 0) is 38.5 Å². The Balaban J connectivity index is 0.00000264. The van der Waals surface area contributed by atoms with Gasteiger partial charge in [0.1, 0.15) is 0 Å². The molecule has 136 valence electrons. The third-order valence-corrected chi connectivity index (χ3v) is 7.72. The summed E-state index contributed by atoms with van der Waals surface area (Å²) in [6.07, 6.45) is 4.41. The highest BCUT2D eigenvalue weighted by molar-refractivity contribution is 7.90. The van der Waals surface area contributed by atoms with Gasteiger partial charge in [0.2, 0.25) is 15.9 Å². The second-order valence-electron chi connectivity index (χ2n) is 6.58. The minimum Gasteiger partial charge on any atom is -0.353 e. The third-order valence-electron chi connectivity index (χ3n) is 5.32. The molecule has 2 rings (SSSR count). The van der Waals surface area contributed by atoms with Gasteiger partial charge in [-0.2, -0.15) is 0 Å². The number of carbonyl (C=O) groups is 1. The van der Waals surface area contributed by atoms with Gasteiger partial charge < -0.3 is 11.1 Å². The summed E-state index contributed by atoms with van der Waals surface area (Å²) in [5, 5.41) is 2.94. The van der Waals surface area contributed by atoms with E-state index in [4.69, 9.17) is 5.73 Å². The lowest BCUT2D eigenvalue weighted by Gasteiger charge is -2.35. The molecule has 6 nitrogen and oxygen atoms in total. The van der Waals surface area contributed by atoms with E-state index in [0.29, 0.717) is 32.5 Å². The number of amides is 1. The lowest BCUT2D eigenvalue weighted by molar-refractivity contribution is -0.132. The van der Waals surface area contributed by atoms with Gasteiger partial charge in [0.25, 0.3) is 0 Å². The van der Waals surface area contributed by atoms with Crippen molar-refractivity contribution in [2.24, 2.45) is 11.1 Å². The first-order valence-electron chi connectivity index (χ1n) is 8.39. The number of rotatable bonds is 7. The SMILES string of the molecule is CCC(CC)(CN)C(=O)NC1CCN(S(=O)(=O)C2CC2)CC1.Cl. The van der Waals surface area contributed by atoms with Crippen molar-refractivity contribution in [2.75, 3.05) is 19.6 Å². The molecule has 0 aromatic rings. The van der Waals surface area contributed by atoms with Crippen LogP contribution in [-0.2, 0) is 14.8 Å². The predicted octanol–water partition coefficient (Wildman–Crippen LogP) is 1.25. The molecule has 3 N–H and O–H groups in total. The summed E-state index contributed by atoms with van der Waals surface area (Å²) in [5.41, 5.74) is 5.32. The normalized spacial score (nSPS) is 20.8. The average Bonchev–Trinajstić information content (AvgIpc) is 3.35. The Morgan fingerprint density at radius 3 is 2.09 bits per heavy atom. The van der Waals surface area contributed by atoms with E-state index in [9.17, 15) is 13.2 Å². The molecule has 0 bridgehead atoms. The van der Waals surface area contributed by atoms with Crippen LogP contribution in [0.25, 0.3) is 0 Å². The number of hydrogen-bond acceptors (Lipinski definition) is 4. The van der Waals surface area contributed by atoms with E-state index in [1.54, 1.807) is 4.31 Å². The molecule has 0 aromatic carbocycles. The van der Waals surface area contributed by atoms with Crippen LogP contribution in [0.5, 0.6) is 0 Å². The number of carbonyl (C=O) groups excluding carboxylic acids is 1. The lowest BCUT2D eigenvalue weighted by Crippen LogP contribution is -2.52. The number of hydrogen-bond donors (Lipinski definition) is 2. The van der Waals surface area contributed by atoms with Crippen molar-refractivity contribution in [2.45, 2.75) is 63.7 Å². The minimum absolute atomic E-state index is 0. The summed E-state index contributed by atoms with van der Waals surface area (Å²) in [5.74, 6) is 0.0171. The third kappa shape index (κ3) is 4.38. The zero-order valence-electron chi connectivity index (χ0n) is 14.1. The fourth-order valence-corrected chi connectivity index (χ4v) is 5.00. The van der Waals surface area contributed by atoms with Crippen molar-refractivity contribution in [3.8, 4) is 0 Å². The first kappa shape index (κ1) is 20.7. The fourth-order valence-electron chi connectivity index (χ4n) is 3.12. The molecular formula is C15H30ClN3O3S. The molecule has 23 heavy (non-hydrogen) atoms. The second kappa shape index (κ2) is 8.14. The first-order valence-corrected chi connectivity index (χ1v) is 9.90. The van der Waals surface area contributed by atoms with Crippen LogP contribution in [0, 0.1) is 5.41 Å². The van der Waals surface area contributed by atoms with Gasteiger partial charge >= 0.3 is 0 Å². The van der Waals surface area contributed by atoms with Gasteiger partial charge in [0.05, 0.1) is 10.7 Å². The fraction of sp³-hybridized carbons (Fsp3) is 0.933. The standard InChI is InChI=1S/C15H29N3O3S.ClH/c1-3-15(4-2,11-16)14(19)17-12-7-9-18(10-8-12)22(20,21)13-5-6-13;/h12-13H,3-11,16H2,1-2H3,(H,17,19);1H. The number of halogens is 1. The summed E-state index contributed by atoms with van der Waals surface area (Å²) in [6.45, 7) is 5.34. The summed E-state index contributed by atoms with van der Waals surface area (Å²) >= 11 is 0. The van der Waals surface area contributed by atoms with Gasteiger partial charge in [-0.1, -0.05) is 13.8 Å². The molecule has 1 heterocycles. The van der Waals surface area contributed by atoms with Crippen molar-refractivity contribution in [3.63, 3.8) is 0 Å². The van der Waals surface area contributed by atoms with Gasteiger partial charge in [-0.25, -0.2) is 12.7 Å². The molecule has 1 amide bonds. The highest BCUT2D eigenvalue weighted by Crippen LogP contribution is 2.32. The maximum atomic E-state index is 12.5. The Bertz CT molecular complexity index is 488. The maximum absolute atomic E-state index is 12.5. The highest BCUT2D eigenvalue weighted by Gasteiger charge is 2.42. The van der Waals surface area contributed by atoms with Crippen LogP contribution in [0.1, 0.15) is 52.4 Å². The van der Waals surface area contributed by atoms with Crippen molar-refractivity contribution < 1.29 is 13.2 Å². The molecule has 1 saturated heterocycles. The van der Waals surface area contributed by atoms with Crippen LogP contribution in [-0.4, -0.2) is 49.6 Å². The zero-order chi connectivity index (χ0) is 16.4. The summed E-state index contributed by atoms with van der Waals surface area (Å²) in [6, 6.07) is 0.0576. The zero-order valence-corrected chi connectivity index (χ0v) is 15.7. The smallest absolute Gasteiger partial charge is 0.227 e. The summed E-state index contributed by atoms with van der Waals surface area (Å²) in [4.78, 5) is 12.5. The van der Waals surface area contributed by atoms with Gasteiger partial charge in [0.15, 0.2) is 0 Å². The molecule has 2 fully saturated rings. The van der Waals surface area contributed by atoms with E-state index in [1.807, 2.05) is 13.8 Å². The van der Waals surface area contributed by atoms with Crippen molar-refractivity contribution in [3.05, 3.63) is 0 Å². The molecule has 8 heteroatoms. The molecular weight excluding hydrogens is 338 g/mol. The van der Waals surface area contributed by atoms with Crippen LogP contribution in [0.15, 0.2) is 0 Å². The van der Waals surface area contributed by atoms with Crippen LogP contribution >= 0.6 is 12.4 Å². The lowest BCUT2D eigenvalue weighted by atomic mass is 9.81. The van der Waals surface area contributed by atoms with Crippen molar-refractivity contribution in [1.82, 2.24) is 9.62 Å². The molecule has 1 aliphatic heterocycles. The second-order valence-corrected chi connectivity index (χ2v) is 8.80. The molecule has 0 spiro atoms. The number of piperidine rings is 1. The van der Waals surface area contributed by atoms with Crippen LogP contribution in [0.3, 0.4) is 0 Å². The number of nitrogens with two attached hydrogens (primary N) is 1. The summed E-state index contributed by atoms with van der Waals surface area (Å²) in [7, 11) is -3.08. The quantitative estimate of drug-likeness (QED) is 0.708. The summed E-state index contributed by atoms with van der Waals surface area (Å²) < 4.78 is 26.0. The molecule has 1 aliphatic carbocycles. The molecule has 0 atom stereocenters. The average molecular weight is 368 g/mol. The topological polar surface area (TPSA) is 92.5 Å². The number of nitrogens with zero attached hydrogens (tertiary/aromatic N) is 1. The van der Waals surface area contributed by atoms with Crippen LogP contribution in [0.4, 0.5) is 0 Å². The van der Waals surface area contributed by atoms with E-state index >= 15 is 0 Å². The Morgan fingerprint density at radius 2 is 1.70 bits per heavy atom. The van der Waals surface area contributed by atoms with E-state index in [1.165, 1.54) is 0 Å². The Kier molecular flexibility index (Phi) is 7.32. The molecule has 0 radical (unpaired) electrons. The first-order chi connectivity index (χ1) is 10.4. The van der Waals surface area contributed by atoms with E-state index < -0.39 is 15.4 Å². The molecule has 1 saturated carbocycles. The number of sulfonamides is 1. The Labute approximate surface area is 146 Å². The van der Waals surface area contributed by atoms with Crippen LogP contribution in [0.2, 0.25) is 0 Å². The predicted molar refractivity (Wildman–Crippen MR) is 94.0 cm³/mol. The highest BCUT2D eigenvalue weighted by atomic mass is 35.5. The molecule has 0 unspecified atom stereocenters. The van der Waals surface area contributed by atoms with E-state index in [-0.39, 0.29) is 29.6 Å². The van der Waals surface area contributed by atoms with Crippen molar-refractivity contribution >= 4 is 28.3 Å². The van der Waals surface area contributed by atoms with Crippen molar-refractivity contribution in [1.29, 1.82) is 0 Å². The molecule has 2 aliphatic rings. The van der Waals surface area contributed by atoms with E-state index in [0.717, 1.165) is 25.7 Å². The largest absolute Gasteiger partial charge is 0.353 e. The van der Waals surface area contributed by atoms with Gasteiger partial charge in [-0.15, -0.1) is 12.4 Å².